The molecule has 1 heterocycles. The minimum absolute atomic E-state index is 0.0273. The molecule has 0 aliphatic carbocycles. The monoisotopic (exact) mass is 466 g/mol. The lowest BCUT2D eigenvalue weighted by molar-refractivity contribution is -0.140. The standard InChI is InChI=1S/C27H34N2O5/c1-7-33-22-13-10-20(16-18(22)4)25(30)23-24(19-8-11-21(12-9-19)34-17(2)3)29(15-14-28(5)6)27(32)26(23)31/h8-13,16-17,24,30H,7,14-15H2,1-6H3/b25-23-. The largest absolute Gasteiger partial charge is 0.507 e. The Morgan fingerprint density at radius 2 is 1.79 bits per heavy atom. The van der Waals surface area contributed by atoms with Crippen molar-refractivity contribution in [2.24, 2.45) is 0 Å². The first-order valence-corrected chi connectivity index (χ1v) is 11.6. The number of benzene rings is 2. The van der Waals surface area contributed by atoms with Crippen LogP contribution in [0.1, 0.15) is 43.5 Å². The maximum absolute atomic E-state index is 13.2. The van der Waals surface area contributed by atoms with Crippen molar-refractivity contribution in [1.29, 1.82) is 0 Å². The van der Waals surface area contributed by atoms with Crippen molar-refractivity contribution in [2.75, 3.05) is 33.8 Å². The number of aliphatic hydroxyl groups is 1. The summed E-state index contributed by atoms with van der Waals surface area (Å²) < 4.78 is 11.3. The fraction of sp³-hybridized carbons (Fsp3) is 0.407. The highest BCUT2D eigenvalue weighted by Gasteiger charge is 2.45. The van der Waals surface area contributed by atoms with E-state index in [1.807, 2.05) is 71.0 Å². The number of ketones is 1. The van der Waals surface area contributed by atoms with Crippen LogP contribution in [0.2, 0.25) is 0 Å². The second kappa shape index (κ2) is 10.7. The van der Waals surface area contributed by atoms with Crippen molar-refractivity contribution in [3.05, 3.63) is 64.7 Å². The molecule has 1 aliphatic heterocycles. The summed E-state index contributed by atoms with van der Waals surface area (Å²) in [5.74, 6) is -0.0767. The molecule has 1 N–H and O–H groups in total. The molecule has 0 bridgehead atoms. The molecule has 34 heavy (non-hydrogen) atoms. The summed E-state index contributed by atoms with van der Waals surface area (Å²) in [7, 11) is 3.82. The summed E-state index contributed by atoms with van der Waals surface area (Å²) in [4.78, 5) is 29.7. The molecule has 7 nitrogen and oxygen atoms in total. The zero-order valence-electron chi connectivity index (χ0n) is 20.8. The Bertz CT molecular complexity index is 1070. The third-order valence-electron chi connectivity index (χ3n) is 5.64. The number of amides is 1. The lowest BCUT2D eigenvalue weighted by Gasteiger charge is -2.26. The predicted octanol–water partition coefficient (Wildman–Crippen LogP) is 4.16. The molecule has 2 aromatic rings. The second-order valence-corrected chi connectivity index (χ2v) is 8.94. The average Bonchev–Trinajstić information content (AvgIpc) is 3.03. The molecule has 1 amide bonds. The van der Waals surface area contributed by atoms with Gasteiger partial charge < -0.3 is 24.4 Å². The van der Waals surface area contributed by atoms with Gasteiger partial charge in [0.1, 0.15) is 17.3 Å². The van der Waals surface area contributed by atoms with Gasteiger partial charge in [-0.1, -0.05) is 12.1 Å². The third-order valence-corrected chi connectivity index (χ3v) is 5.64. The molecule has 1 atom stereocenters. The molecular weight excluding hydrogens is 432 g/mol. The van der Waals surface area contributed by atoms with Crippen LogP contribution < -0.4 is 9.47 Å². The first-order chi connectivity index (χ1) is 16.1. The quantitative estimate of drug-likeness (QED) is 0.340. The minimum atomic E-state index is -0.695. The summed E-state index contributed by atoms with van der Waals surface area (Å²) in [6, 6.07) is 11.9. The van der Waals surface area contributed by atoms with E-state index in [0.717, 1.165) is 11.1 Å². The number of nitrogens with zero attached hydrogens (tertiary/aromatic N) is 2. The van der Waals surface area contributed by atoms with Crippen LogP contribution in [0.5, 0.6) is 11.5 Å². The molecule has 0 spiro atoms. The fourth-order valence-electron chi connectivity index (χ4n) is 4.04. The number of aryl methyl sites for hydroxylation is 1. The Kier molecular flexibility index (Phi) is 7.99. The Labute approximate surface area is 201 Å². The van der Waals surface area contributed by atoms with E-state index in [2.05, 4.69) is 0 Å². The molecule has 1 saturated heterocycles. The molecule has 1 fully saturated rings. The number of aliphatic hydroxyl groups excluding tert-OH is 1. The number of likely N-dealkylation sites (tertiary alicyclic amines) is 1. The van der Waals surface area contributed by atoms with Crippen LogP contribution in [0.15, 0.2) is 48.0 Å². The lowest BCUT2D eigenvalue weighted by atomic mass is 9.94. The van der Waals surface area contributed by atoms with Gasteiger partial charge in [0.2, 0.25) is 0 Å². The number of ether oxygens (including phenoxy) is 2. The van der Waals surface area contributed by atoms with Gasteiger partial charge in [-0.15, -0.1) is 0 Å². The van der Waals surface area contributed by atoms with Crippen molar-refractivity contribution >= 4 is 17.4 Å². The van der Waals surface area contributed by atoms with Crippen LogP contribution in [-0.4, -0.2) is 66.5 Å². The third kappa shape index (κ3) is 5.42. The van der Waals surface area contributed by atoms with Crippen molar-refractivity contribution < 1.29 is 24.2 Å². The van der Waals surface area contributed by atoms with Crippen LogP contribution in [-0.2, 0) is 9.59 Å². The predicted molar refractivity (Wildman–Crippen MR) is 132 cm³/mol. The molecule has 0 saturated carbocycles. The highest BCUT2D eigenvalue weighted by atomic mass is 16.5. The summed E-state index contributed by atoms with van der Waals surface area (Å²) in [5, 5.41) is 11.3. The number of rotatable bonds is 9. The first kappa shape index (κ1) is 25.3. The number of carbonyl (C=O) groups excluding carboxylic acids is 2. The molecule has 1 aliphatic rings. The summed E-state index contributed by atoms with van der Waals surface area (Å²) >= 11 is 0. The lowest BCUT2D eigenvalue weighted by Crippen LogP contribution is -2.35. The van der Waals surface area contributed by atoms with E-state index in [1.54, 1.807) is 18.2 Å². The number of carbonyl (C=O) groups is 2. The molecule has 0 aromatic heterocycles. The highest BCUT2D eigenvalue weighted by Crippen LogP contribution is 2.40. The van der Waals surface area contributed by atoms with Crippen LogP contribution in [0.4, 0.5) is 0 Å². The van der Waals surface area contributed by atoms with Crippen LogP contribution >= 0.6 is 0 Å². The van der Waals surface area contributed by atoms with Gasteiger partial charge in [0.05, 0.1) is 24.3 Å². The Morgan fingerprint density at radius 1 is 1.12 bits per heavy atom. The second-order valence-electron chi connectivity index (χ2n) is 8.94. The van der Waals surface area contributed by atoms with Gasteiger partial charge in [-0.3, -0.25) is 9.59 Å². The number of hydrogen-bond donors (Lipinski definition) is 1. The number of likely N-dealkylation sites (N-methyl/N-ethyl adjacent to an activating group) is 1. The number of Topliss-reactive ketones (excluding diaryl/α,β-unsaturated/α-hetero) is 1. The van der Waals surface area contributed by atoms with E-state index in [0.29, 0.717) is 36.8 Å². The van der Waals surface area contributed by atoms with Gasteiger partial charge >= 0.3 is 0 Å². The van der Waals surface area contributed by atoms with Crippen molar-refractivity contribution in [3.8, 4) is 11.5 Å². The zero-order chi connectivity index (χ0) is 25.0. The Hall–Kier alpha value is -3.32. The molecule has 7 heteroatoms. The zero-order valence-corrected chi connectivity index (χ0v) is 20.8. The maximum atomic E-state index is 13.2. The minimum Gasteiger partial charge on any atom is -0.507 e. The van der Waals surface area contributed by atoms with Crippen molar-refractivity contribution in [1.82, 2.24) is 9.80 Å². The summed E-state index contributed by atoms with van der Waals surface area (Å²) in [6.45, 7) is 9.14. The smallest absolute Gasteiger partial charge is 0.295 e. The molecule has 2 aromatic carbocycles. The SMILES string of the molecule is CCOc1ccc(/C(O)=C2/C(=O)C(=O)N(CCN(C)C)C2c2ccc(OC(C)C)cc2)cc1C. The Balaban J connectivity index is 2.09. The number of hydrogen-bond acceptors (Lipinski definition) is 6. The van der Waals surface area contributed by atoms with E-state index >= 15 is 0 Å². The first-order valence-electron chi connectivity index (χ1n) is 11.6. The highest BCUT2D eigenvalue weighted by molar-refractivity contribution is 6.46. The van der Waals surface area contributed by atoms with Crippen LogP contribution in [0.3, 0.4) is 0 Å². The molecule has 182 valence electrons. The van der Waals surface area contributed by atoms with Crippen LogP contribution in [0.25, 0.3) is 5.76 Å². The van der Waals surface area contributed by atoms with E-state index in [9.17, 15) is 14.7 Å². The van der Waals surface area contributed by atoms with Gasteiger partial charge in [0.15, 0.2) is 0 Å². The van der Waals surface area contributed by atoms with E-state index in [4.69, 9.17) is 9.47 Å². The van der Waals surface area contributed by atoms with Gasteiger partial charge in [-0.25, -0.2) is 0 Å². The van der Waals surface area contributed by atoms with Gasteiger partial charge in [-0.05, 0) is 83.2 Å². The summed E-state index contributed by atoms with van der Waals surface area (Å²) in [6.07, 6.45) is 0.0273. The van der Waals surface area contributed by atoms with Crippen molar-refractivity contribution in [2.45, 2.75) is 39.8 Å². The average molecular weight is 467 g/mol. The van der Waals surface area contributed by atoms with E-state index in [-0.39, 0.29) is 17.4 Å². The normalized spacial score (nSPS) is 17.6. The van der Waals surface area contributed by atoms with Gasteiger partial charge in [0.25, 0.3) is 11.7 Å². The molecule has 3 rings (SSSR count). The molecule has 0 radical (unpaired) electrons. The molecular formula is C27H34N2O5. The van der Waals surface area contributed by atoms with Crippen LogP contribution in [0, 0.1) is 6.92 Å². The van der Waals surface area contributed by atoms with Gasteiger partial charge in [0, 0.05) is 18.7 Å². The summed E-state index contributed by atoms with van der Waals surface area (Å²) in [5.41, 5.74) is 2.12. The van der Waals surface area contributed by atoms with E-state index < -0.39 is 17.7 Å². The maximum Gasteiger partial charge on any atom is 0.295 e. The van der Waals surface area contributed by atoms with Crippen molar-refractivity contribution in [3.63, 3.8) is 0 Å². The fourth-order valence-corrected chi connectivity index (χ4v) is 4.04. The molecule has 1 unspecified atom stereocenters. The topological polar surface area (TPSA) is 79.3 Å². The van der Waals surface area contributed by atoms with Gasteiger partial charge in [-0.2, -0.15) is 0 Å². The Morgan fingerprint density at radius 3 is 2.35 bits per heavy atom. The van der Waals surface area contributed by atoms with E-state index in [1.165, 1.54) is 4.90 Å².